The van der Waals surface area contributed by atoms with Gasteiger partial charge in [0.05, 0.1) is 11.2 Å². The maximum atomic E-state index is 13.9. The highest BCUT2D eigenvalue weighted by molar-refractivity contribution is 5.75. The number of aryl methyl sites for hydroxylation is 1. The summed E-state index contributed by atoms with van der Waals surface area (Å²) in [7, 11) is 0. The highest BCUT2D eigenvalue weighted by Crippen LogP contribution is 2.23. The van der Waals surface area contributed by atoms with E-state index in [9.17, 15) is 4.39 Å². The summed E-state index contributed by atoms with van der Waals surface area (Å²) in [5.41, 5.74) is 2.49. The van der Waals surface area contributed by atoms with E-state index in [0.717, 1.165) is 5.69 Å². The number of fused-ring (bicyclic) bond motifs is 1. The first-order valence-electron chi connectivity index (χ1n) is 5.01. The molecule has 0 aliphatic carbocycles. The molecule has 0 spiro atoms. The van der Waals surface area contributed by atoms with Gasteiger partial charge in [0.1, 0.15) is 5.52 Å². The zero-order chi connectivity index (χ0) is 11.0. The molecule has 2 aromatic rings. The van der Waals surface area contributed by atoms with E-state index >= 15 is 0 Å². The summed E-state index contributed by atoms with van der Waals surface area (Å²) in [6.07, 6.45) is 1.59. The number of halogens is 1. The van der Waals surface area contributed by atoms with E-state index in [1.54, 1.807) is 12.3 Å². The van der Waals surface area contributed by atoms with E-state index in [2.05, 4.69) is 9.97 Å². The molecule has 2 rings (SSSR count). The maximum Gasteiger partial charge on any atom is 0.154 e. The Morgan fingerprint density at radius 2 is 2.00 bits per heavy atom. The van der Waals surface area contributed by atoms with Gasteiger partial charge in [0.2, 0.25) is 0 Å². The monoisotopic (exact) mass is 204 g/mol. The third-order valence-corrected chi connectivity index (χ3v) is 2.42. The molecule has 0 unspecified atom stereocenters. The minimum Gasteiger partial charge on any atom is -0.250 e. The topological polar surface area (TPSA) is 25.8 Å². The van der Waals surface area contributed by atoms with Crippen LogP contribution in [0.25, 0.3) is 11.0 Å². The summed E-state index contributed by atoms with van der Waals surface area (Å²) in [5, 5.41) is 0. The molecule has 1 aromatic heterocycles. The van der Waals surface area contributed by atoms with Crippen LogP contribution in [0.3, 0.4) is 0 Å². The summed E-state index contributed by atoms with van der Waals surface area (Å²) in [4.78, 5) is 8.32. The lowest BCUT2D eigenvalue weighted by Crippen LogP contribution is -1.97. The van der Waals surface area contributed by atoms with Crippen LogP contribution in [-0.2, 0) is 0 Å². The van der Waals surface area contributed by atoms with Gasteiger partial charge in [-0.1, -0.05) is 19.9 Å². The molecule has 0 radical (unpaired) electrons. The largest absolute Gasteiger partial charge is 0.250 e. The molecule has 2 nitrogen and oxygen atoms in total. The van der Waals surface area contributed by atoms with Crippen LogP contribution in [0.15, 0.2) is 18.3 Å². The molecule has 1 aromatic carbocycles. The minimum absolute atomic E-state index is 0.164. The second kappa shape index (κ2) is 3.57. The Balaban J connectivity index is 2.74. The Hall–Kier alpha value is -1.51. The second-order valence-electron chi connectivity index (χ2n) is 4.00. The average molecular weight is 204 g/mol. The predicted molar refractivity (Wildman–Crippen MR) is 58.3 cm³/mol. The molecule has 0 amide bonds. The SMILES string of the molecule is Cc1cnc2c(F)c(C(C)C)ccc2n1. The van der Waals surface area contributed by atoms with Crippen molar-refractivity contribution in [3.05, 3.63) is 35.4 Å². The van der Waals surface area contributed by atoms with E-state index in [4.69, 9.17) is 0 Å². The molecule has 0 atom stereocenters. The summed E-state index contributed by atoms with van der Waals surface area (Å²) < 4.78 is 13.9. The molecule has 0 saturated carbocycles. The molecule has 0 saturated heterocycles. The molecular weight excluding hydrogens is 191 g/mol. The number of hydrogen-bond donors (Lipinski definition) is 0. The van der Waals surface area contributed by atoms with Gasteiger partial charge < -0.3 is 0 Å². The van der Waals surface area contributed by atoms with E-state index in [1.807, 2.05) is 26.8 Å². The van der Waals surface area contributed by atoms with Crippen molar-refractivity contribution in [3.8, 4) is 0 Å². The lowest BCUT2D eigenvalue weighted by Gasteiger charge is -2.08. The summed E-state index contributed by atoms with van der Waals surface area (Å²) in [5.74, 6) is -0.0764. The number of hydrogen-bond acceptors (Lipinski definition) is 2. The fourth-order valence-electron chi connectivity index (χ4n) is 1.61. The van der Waals surface area contributed by atoms with Gasteiger partial charge in [0.15, 0.2) is 5.82 Å². The zero-order valence-corrected chi connectivity index (χ0v) is 9.08. The number of aromatic nitrogens is 2. The highest BCUT2D eigenvalue weighted by Gasteiger charge is 2.11. The second-order valence-corrected chi connectivity index (χ2v) is 4.00. The molecule has 0 aliphatic heterocycles. The first kappa shape index (κ1) is 10.0. The van der Waals surface area contributed by atoms with Crippen LogP contribution in [0.5, 0.6) is 0 Å². The van der Waals surface area contributed by atoms with Crippen LogP contribution in [0.4, 0.5) is 4.39 Å². The Morgan fingerprint density at radius 1 is 1.27 bits per heavy atom. The highest BCUT2D eigenvalue weighted by atomic mass is 19.1. The standard InChI is InChI=1S/C12H13FN2/c1-7(2)9-4-5-10-12(11(9)13)14-6-8(3)15-10/h4-7H,1-3H3. The van der Waals surface area contributed by atoms with Crippen molar-refractivity contribution >= 4 is 11.0 Å². The van der Waals surface area contributed by atoms with E-state index in [1.165, 1.54) is 0 Å². The van der Waals surface area contributed by atoms with Gasteiger partial charge >= 0.3 is 0 Å². The molecule has 0 bridgehead atoms. The van der Waals surface area contributed by atoms with E-state index in [-0.39, 0.29) is 11.7 Å². The normalized spacial score (nSPS) is 11.3. The van der Waals surface area contributed by atoms with Crippen molar-refractivity contribution in [2.24, 2.45) is 0 Å². The first-order chi connectivity index (χ1) is 7.09. The number of benzene rings is 1. The summed E-state index contributed by atoms with van der Waals surface area (Å²) in [6.45, 7) is 5.78. The third kappa shape index (κ3) is 1.69. The van der Waals surface area contributed by atoms with E-state index < -0.39 is 0 Å². The fraction of sp³-hybridized carbons (Fsp3) is 0.333. The predicted octanol–water partition coefficient (Wildman–Crippen LogP) is 3.20. The van der Waals surface area contributed by atoms with Crippen molar-refractivity contribution in [2.75, 3.05) is 0 Å². The molecule has 15 heavy (non-hydrogen) atoms. The van der Waals surface area contributed by atoms with Gasteiger partial charge in [-0.2, -0.15) is 0 Å². The average Bonchev–Trinajstić information content (AvgIpc) is 2.17. The van der Waals surface area contributed by atoms with Gasteiger partial charge in [-0.05, 0) is 24.5 Å². The van der Waals surface area contributed by atoms with Gasteiger partial charge in [-0.25, -0.2) is 14.4 Å². The Labute approximate surface area is 88.2 Å². The van der Waals surface area contributed by atoms with Crippen molar-refractivity contribution in [3.63, 3.8) is 0 Å². The molecule has 78 valence electrons. The van der Waals surface area contributed by atoms with Crippen LogP contribution in [-0.4, -0.2) is 9.97 Å². The van der Waals surface area contributed by atoms with Crippen molar-refractivity contribution in [2.45, 2.75) is 26.7 Å². The lowest BCUT2D eigenvalue weighted by atomic mass is 10.0. The fourth-order valence-corrected chi connectivity index (χ4v) is 1.61. The summed E-state index contributed by atoms with van der Waals surface area (Å²) >= 11 is 0. The van der Waals surface area contributed by atoms with Crippen molar-refractivity contribution < 1.29 is 4.39 Å². The van der Waals surface area contributed by atoms with Crippen molar-refractivity contribution in [1.82, 2.24) is 9.97 Å². The smallest absolute Gasteiger partial charge is 0.154 e. The van der Waals surface area contributed by atoms with Crippen LogP contribution in [0.2, 0.25) is 0 Å². The number of rotatable bonds is 1. The lowest BCUT2D eigenvalue weighted by molar-refractivity contribution is 0.606. The van der Waals surface area contributed by atoms with Gasteiger partial charge in [-0.3, -0.25) is 0 Å². The Kier molecular flexibility index (Phi) is 2.39. The van der Waals surface area contributed by atoms with Gasteiger partial charge in [0, 0.05) is 6.20 Å². The van der Waals surface area contributed by atoms with Crippen LogP contribution in [0.1, 0.15) is 31.0 Å². The van der Waals surface area contributed by atoms with Crippen LogP contribution < -0.4 is 0 Å². The van der Waals surface area contributed by atoms with Gasteiger partial charge in [-0.15, -0.1) is 0 Å². The van der Waals surface area contributed by atoms with Crippen LogP contribution in [0, 0.1) is 12.7 Å². The molecule has 1 heterocycles. The Bertz CT molecular complexity index is 506. The quantitative estimate of drug-likeness (QED) is 0.712. The van der Waals surface area contributed by atoms with E-state index in [0.29, 0.717) is 16.6 Å². The minimum atomic E-state index is -0.241. The van der Waals surface area contributed by atoms with Crippen LogP contribution >= 0.6 is 0 Å². The Morgan fingerprint density at radius 3 is 2.67 bits per heavy atom. The first-order valence-corrected chi connectivity index (χ1v) is 5.01. The van der Waals surface area contributed by atoms with Gasteiger partial charge in [0.25, 0.3) is 0 Å². The maximum absolute atomic E-state index is 13.9. The third-order valence-electron chi connectivity index (χ3n) is 2.42. The van der Waals surface area contributed by atoms with Crippen molar-refractivity contribution in [1.29, 1.82) is 0 Å². The summed E-state index contributed by atoms with van der Waals surface area (Å²) in [6, 6.07) is 3.62. The molecule has 0 fully saturated rings. The molecule has 3 heteroatoms. The molecule has 0 N–H and O–H groups in total. The zero-order valence-electron chi connectivity index (χ0n) is 9.08. The number of nitrogens with zero attached hydrogens (tertiary/aromatic N) is 2. The molecular formula is C12H13FN2. The molecule has 0 aliphatic rings.